The van der Waals surface area contributed by atoms with Crippen molar-refractivity contribution >= 4 is 23.2 Å². The zero-order valence-electron chi connectivity index (χ0n) is 9.44. The first kappa shape index (κ1) is 13.1. The number of benzene rings is 1. The molecule has 0 aliphatic carbocycles. The molecule has 2 rings (SSSR count). The summed E-state index contributed by atoms with van der Waals surface area (Å²) in [4.78, 5) is 4.21. The SMILES string of the molecule is C=CCC(N)c1nc(-c2cc(Cl)cc(Cl)c2)no1. The Hall–Kier alpha value is -1.36. The van der Waals surface area contributed by atoms with E-state index in [-0.39, 0.29) is 6.04 Å². The largest absolute Gasteiger partial charge is 0.337 e. The van der Waals surface area contributed by atoms with E-state index in [1.807, 2.05) is 0 Å². The molecule has 1 unspecified atom stereocenters. The van der Waals surface area contributed by atoms with Crippen molar-refractivity contribution in [1.29, 1.82) is 0 Å². The minimum Gasteiger partial charge on any atom is -0.337 e. The van der Waals surface area contributed by atoms with Gasteiger partial charge in [-0.3, -0.25) is 0 Å². The molecular formula is C12H11Cl2N3O. The highest BCUT2D eigenvalue weighted by atomic mass is 35.5. The highest BCUT2D eigenvalue weighted by Gasteiger charge is 2.15. The van der Waals surface area contributed by atoms with Crippen LogP contribution in [0, 0.1) is 0 Å². The monoisotopic (exact) mass is 283 g/mol. The summed E-state index contributed by atoms with van der Waals surface area (Å²) in [5, 5.41) is 4.88. The third kappa shape index (κ3) is 2.90. The number of rotatable bonds is 4. The maximum atomic E-state index is 5.91. The molecule has 1 atom stereocenters. The maximum absolute atomic E-state index is 5.91. The van der Waals surface area contributed by atoms with Crippen LogP contribution in [0.4, 0.5) is 0 Å². The number of nitrogens with two attached hydrogens (primary N) is 1. The van der Waals surface area contributed by atoms with Gasteiger partial charge < -0.3 is 10.3 Å². The van der Waals surface area contributed by atoms with E-state index in [1.165, 1.54) is 0 Å². The lowest BCUT2D eigenvalue weighted by molar-refractivity contribution is 0.356. The highest BCUT2D eigenvalue weighted by molar-refractivity contribution is 6.35. The van der Waals surface area contributed by atoms with E-state index in [0.717, 1.165) is 0 Å². The van der Waals surface area contributed by atoms with Crippen LogP contribution < -0.4 is 5.73 Å². The molecule has 0 bridgehead atoms. The lowest BCUT2D eigenvalue weighted by Gasteiger charge is -2.00. The molecule has 0 fully saturated rings. The van der Waals surface area contributed by atoms with Crippen LogP contribution in [0.3, 0.4) is 0 Å². The summed E-state index contributed by atoms with van der Waals surface area (Å²) < 4.78 is 5.09. The molecule has 0 amide bonds. The quantitative estimate of drug-likeness (QED) is 0.871. The Balaban J connectivity index is 2.31. The van der Waals surface area contributed by atoms with Crippen molar-refractivity contribution in [3.8, 4) is 11.4 Å². The van der Waals surface area contributed by atoms with E-state index in [2.05, 4.69) is 16.7 Å². The normalized spacial score (nSPS) is 12.4. The third-order valence-electron chi connectivity index (χ3n) is 2.30. The molecule has 0 aliphatic rings. The predicted octanol–water partition coefficient (Wildman–Crippen LogP) is 3.62. The zero-order chi connectivity index (χ0) is 13.1. The summed E-state index contributed by atoms with van der Waals surface area (Å²) in [6.45, 7) is 3.61. The van der Waals surface area contributed by atoms with Crippen LogP contribution in [0.5, 0.6) is 0 Å². The molecule has 18 heavy (non-hydrogen) atoms. The van der Waals surface area contributed by atoms with Crippen LogP contribution in [-0.4, -0.2) is 10.1 Å². The van der Waals surface area contributed by atoms with Crippen LogP contribution in [0.2, 0.25) is 10.0 Å². The fourth-order valence-electron chi connectivity index (χ4n) is 1.47. The van der Waals surface area contributed by atoms with Crippen molar-refractivity contribution in [2.45, 2.75) is 12.5 Å². The lowest BCUT2D eigenvalue weighted by Crippen LogP contribution is -2.09. The van der Waals surface area contributed by atoms with E-state index < -0.39 is 0 Å². The van der Waals surface area contributed by atoms with Gasteiger partial charge in [0.2, 0.25) is 11.7 Å². The van der Waals surface area contributed by atoms with Crippen LogP contribution in [0.25, 0.3) is 11.4 Å². The Morgan fingerprint density at radius 1 is 1.33 bits per heavy atom. The van der Waals surface area contributed by atoms with E-state index >= 15 is 0 Å². The number of halogens is 2. The van der Waals surface area contributed by atoms with Gasteiger partial charge in [0.15, 0.2) is 0 Å². The molecule has 2 N–H and O–H groups in total. The van der Waals surface area contributed by atoms with Crippen LogP contribution in [-0.2, 0) is 0 Å². The molecule has 2 aromatic rings. The number of aromatic nitrogens is 2. The first-order valence-corrected chi connectivity index (χ1v) is 6.02. The molecule has 1 heterocycles. The molecule has 1 aromatic carbocycles. The van der Waals surface area contributed by atoms with E-state index in [4.69, 9.17) is 33.5 Å². The van der Waals surface area contributed by atoms with Crippen molar-refractivity contribution in [2.75, 3.05) is 0 Å². The van der Waals surface area contributed by atoms with Crippen LogP contribution in [0.15, 0.2) is 35.4 Å². The standard InChI is InChI=1S/C12H11Cl2N3O/c1-2-3-10(15)12-16-11(17-18-12)7-4-8(13)6-9(14)5-7/h2,4-6,10H,1,3,15H2. The highest BCUT2D eigenvalue weighted by Crippen LogP contribution is 2.26. The Bertz CT molecular complexity index is 548. The topological polar surface area (TPSA) is 64.9 Å². The van der Waals surface area contributed by atoms with Crippen molar-refractivity contribution in [3.63, 3.8) is 0 Å². The van der Waals surface area contributed by atoms with Gasteiger partial charge in [-0.25, -0.2) is 0 Å². The minimum atomic E-state index is -0.349. The molecule has 0 spiro atoms. The summed E-state index contributed by atoms with van der Waals surface area (Å²) in [7, 11) is 0. The van der Waals surface area contributed by atoms with Crippen molar-refractivity contribution in [1.82, 2.24) is 10.1 Å². The molecule has 0 radical (unpaired) electrons. The fraction of sp³-hybridized carbons (Fsp3) is 0.167. The van der Waals surface area contributed by atoms with Crippen LogP contribution >= 0.6 is 23.2 Å². The Morgan fingerprint density at radius 3 is 2.61 bits per heavy atom. The molecule has 0 aliphatic heterocycles. The van der Waals surface area contributed by atoms with Crippen molar-refractivity contribution in [2.24, 2.45) is 5.73 Å². The van der Waals surface area contributed by atoms with Crippen LogP contribution in [0.1, 0.15) is 18.4 Å². The summed E-state index contributed by atoms with van der Waals surface area (Å²) in [5.41, 5.74) is 6.53. The predicted molar refractivity (Wildman–Crippen MR) is 71.5 cm³/mol. The van der Waals surface area contributed by atoms with Gasteiger partial charge in [-0.05, 0) is 24.6 Å². The Kier molecular flexibility index (Phi) is 4.01. The van der Waals surface area contributed by atoms with Gasteiger partial charge in [0.25, 0.3) is 0 Å². The molecular weight excluding hydrogens is 273 g/mol. The second-order valence-electron chi connectivity index (χ2n) is 3.75. The Morgan fingerprint density at radius 2 is 2.00 bits per heavy atom. The summed E-state index contributed by atoms with van der Waals surface area (Å²) in [6.07, 6.45) is 2.27. The average Bonchev–Trinajstić information content (AvgIpc) is 2.77. The van der Waals surface area contributed by atoms with E-state index in [1.54, 1.807) is 24.3 Å². The molecule has 6 heteroatoms. The first-order chi connectivity index (χ1) is 8.60. The lowest BCUT2D eigenvalue weighted by atomic mass is 10.2. The second kappa shape index (κ2) is 5.52. The van der Waals surface area contributed by atoms with Gasteiger partial charge in [-0.2, -0.15) is 4.98 Å². The summed E-state index contributed by atoms with van der Waals surface area (Å²) >= 11 is 11.8. The van der Waals surface area contributed by atoms with Crippen molar-refractivity contribution < 1.29 is 4.52 Å². The number of hydrogen-bond donors (Lipinski definition) is 1. The molecule has 94 valence electrons. The van der Waals surface area contributed by atoms with Crippen molar-refractivity contribution in [3.05, 3.63) is 46.8 Å². The molecule has 4 nitrogen and oxygen atoms in total. The number of hydrogen-bond acceptors (Lipinski definition) is 4. The average molecular weight is 284 g/mol. The Labute approximate surface area is 114 Å². The first-order valence-electron chi connectivity index (χ1n) is 5.26. The van der Waals surface area contributed by atoms with Gasteiger partial charge in [0.1, 0.15) is 0 Å². The maximum Gasteiger partial charge on any atom is 0.244 e. The van der Waals surface area contributed by atoms with E-state index in [0.29, 0.717) is 33.7 Å². The second-order valence-corrected chi connectivity index (χ2v) is 4.62. The minimum absolute atomic E-state index is 0.349. The zero-order valence-corrected chi connectivity index (χ0v) is 10.9. The fourth-order valence-corrected chi connectivity index (χ4v) is 1.99. The van der Waals surface area contributed by atoms with Gasteiger partial charge >= 0.3 is 0 Å². The molecule has 1 aromatic heterocycles. The summed E-state index contributed by atoms with van der Waals surface area (Å²) in [5.74, 6) is 0.773. The smallest absolute Gasteiger partial charge is 0.244 e. The molecule has 0 saturated carbocycles. The van der Waals surface area contributed by atoms with E-state index in [9.17, 15) is 0 Å². The van der Waals surface area contributed by atoms with Gasteiger partial charge in [-0.1, -0.05) is 34.4 Å². The van der Waals surface area contributed by atoms with Gasteiger partial charge in [-0.15, -0.1) is 6.58 Å². The third-order valence-corrected chi connectivity index (χ3v) is 2.74. The van der Waals surface area contributed by atoms with Gasteiger partial charge in [0.05, 0.1) is 6.04 Å². The van der Waals surface area contributed by atoms with Gasteiger partial charge in [0, 0.05) is 15.6 Å². The number of nitrogens with zero attached hydrogens (tertiary/aromatic N) is 2. The summed E-state index contributed by atoms with van der Waals surface area (Å²) in [6, 6.07) is 4.71. The molecule has 0 saturated heterocycles.